The van der Waals surface area contributed by atoms with Crippen molar-refractivity contribution in [3.05, 3.63) is 182 Å². The van der Waals surface area contributed by atoms with E-state index < -0.39 is 0 Å². The van der Waals surface area contributed by atoms with Gasteiger partial charge in [0.15, 0.2) is 0 Å². The second-order valence-electron chi connectivity index (χ2n) is 12.2. The number of aromatic nitrogens is 2. The van der Waals surface area contributed by atoms with Crippen molar-refractivity contribution in [3.8, 4) is 55.9 Å². The summed E-state index contributed by atoms with van der Waals surface area (Å²) in [6, 6.07) is 62.8. The molecule has 0 spiro atoms. The molecule has 0 fully saturated rings. The third-order valence-electron chi connectivity index (χ3n) is 9.41. The number of benzene rings is 8. The second-order valence-corrected chi connectivity index (χ2v) is 12.2. The summed E-state index contributed by atoms with van der Waals surface area (Å²) in [5.74, 6) is 0. The van der Waals surface area contributed by atoms with Crippen LogP contribution in [-0.4, -0.2) is 9.97 Å². The van der Waals surface area contributed by atoms with Gasteiger partial charge in [-0.15, -0.1) is 0 Å². The van der Waals surface area contributed by atoms with Crippen LogP contribution in [0, 0.1) is 0 Å². The molecule has 0 atom stereocenters. The smallest absolute Gasteiger partial charge is 0.116 e. The third kappa shape index (κ3) is 4.83. The van der Waals surface area contributed by atoms with Crippen LogP contribution in [0.15, 0.2) is 182 Å². The van der Waals surface area contributed by atoms with E-state index in [2.05, 4.69) is 170 Å². The van der Waals surface area contributed by atoms with E-state index in [9.17, 15) is 0 Å². The molecule has 2 nitrogen and oxygen atoms in total. The quantitative estimate of drug-likeness (QED) is 0.181. The fourth-order valence-corrected chi connectivity index (χ4v) is 7.14. The fraction of sp³-hybridized carbons (Fsp3) is 0. The van der Waals surface area contributed by atoms with Gasteiger partial charge in [-0.1, -0.05) is 158 Å². The van der Waals surface area contributed by atoms with E-state index in [4.69, 9.17) is 9.97 Å². The van der Waals surface area contributed by atoms with Gasteiger partial charge < -0.3 is 0 Å². The van der Waals surface area contributed by atoms with Crippen LogP contribution in [0.25, 0.3) is 88.2 Å². The van der Waals surface area contributed by atoms with Crippen molar-refractivity contribution >= 4 is 32.3 Å². The summed E-state index contributed by atoms with van der Waals surface area (Å²) in [6.07, 6.45) is 1.68. The first-order valence-electron chi connectivity index (χ1n) is 16.3. The molecule has 0 saturated carbocycles. The Morgan fingerprint density at radius 3 is 1.46 bits per heavy atom. The second kappa shape index (κ2) is 11.8. The molecule has 0 saturated heterocycles. The number of nitrogens with zero attached hydrogens (tertiary/aromatic N) is 2. The predicted molar refractivity (Wildman–Crippen MR) is 202 cm³/mol. The minimum atomic E-state index is 0.895. The van der Waals surface area contributed by atoms with Gasteiger partial charge in [0.2, 0.25) is 0 Å². The summed E-state index contributed by atoms with van der Waals surface area (Å²) >= 11 is 0. The zero-order valence-electron chi connectivity index (χ0n) is 26.2. The van der Waals surface area contributed by atoms with Gasteiger partial charge in [0.25, 0.3) is 0 Å². The number of hydrogen-bond donors (Lipinski definition) is 0. The van der Waals surface area contributed by atoms with Crippen LogP contribution in [0.5, 0.6) is 0 Å². The molecule has 0 aliphatic carbocycles. The van der Waals surface area contributed by atoms with Crippen molar-refractivity contribution < 1.29 is 0 Å². The topological polar surface area (TPSA) is 25.8 Å². The molecule has 0 unspecified atom stereocenters. The van der Waals surface area contributed by atoms with Crippen molar-refractivity contribution in [2.45, 2.75) is 0 Å². The SMILES string of the molecule is c1ccc(-c2cccc(-c3cc(-c4ccccc4-c4ccccc4-c4ccc5c6ccccc6c6ccccc6c5c4)ncn3)c2)cc1. The van der Waals surface area contributed by atoms with E-state index in [0.717, 1.165) is 28.1 Å². The average molecular weight is 611 g/mol. The largest absolute Gasteiger partial charge is 0.236 e. The van der Waals surface area contributed by atoms with Gasteiger partial charge >= 0.3 is 0 Å². The van der Waals surface area contributed by atoms with Crippen LogP contribution < -0.4 is 0 Å². The molecular weight excluding hydrogens is 581 g/mol. The normalized spacial score (nSPS) is 11.3. The molecule has 0 radical (unpaired) electrons. The maximum atomic E-state index is 4.80. The van der Waals surface area contributed by atoms with Crippen LogP contribution in [0.3, 0.4) is 0 Å². The molecule has 0 amide bonds. The number of hydrogen-bond acceptors (Lipinski definition) is 2. The zero-order valence-corrected chi connectivity index (χ0v) is 26.2. The molecule has 1 heterocycles. The van der Waals surface area contributed by atoms with Gasteiger partial charge in [-0.05, 0) is 83.9 Å². The van der Waals surface area contributed by atoms with Gasteiger partial charge in [0, 0.05) is 11.1 Å². The Labute approximate surface area is 279 Å². The highest BCUT2D eigenvalue weighted by Crippen LogP contribution is 2.41. The van der Waals surface area contributed by atoms with Crippen molar-refractivity contribution in [1.29, 1.82) is 0 Å². The first-order chi connectivity index (χ1) is 23.8. The Morgan fingerprint density at radius 1 is 0.250 bits per heavy atom. The lowest BCUT2D eigenvalue weighted by atomic mass is 9.88. The number of fused-ring (bicyclic) bond motifs is 6. The van der Waals surface area contributed by atoms with Crippen LogP contribution in [-0.2, 0) is 0 Å². The minimum absolute atomic E-state index is 0.895. The lowest BCUT2D eigenvalue weighted by molar-refractivity contribution is 1.18. The lowest BCUT2D eigenvalue weighted by Crippen LogP contribution is -1.93. The summed E-state index contributed by atoms with van der Waals surface area (Å²) in [7, 11) is 0. The highest BCUT2D eigenvalue weighted by atomic mass is 14.8. The molecule has 8 aromatic carbocycles. The Bertz CT molecular complexity index is 2580. The average Bonchev–Trinajstić information content (AvgIpc) is 3.18. The maximum absolute atomic E-state index is 4.80. The first-order valence-corrected chi connectivity index (χ1v) is 16.3. The molecule has 9 rings (SSSR count). The molecule has 0 bridgehead atoms. The highest BCUT2D eigenvalue weighted by molar-refractivity contribution is 6.25. The standard InChI is InChI=1S/C46H30N2/c1-2-13-31(14-3-1)32-15-12-16-34(27-32)45-29-46(48-30-47-45)43-24-11-10-22-40(43)36-18-5-4-17-35(36)33-25-26-42-39-21-7-6-19-37(39)38-20-8-9-23-41(38)44(42)28-33/h1-30H. The van der Waals surface area contributed by atoms with E-state index in [-0.39, 0.29) is 0 Å². The first kappa shape index (κ1) is 27.9. The Morgan fingerprint density at radius 2 is 0.750 bits per heavy atom. The minimum Gasteiger partial charge on any atom is -0.236 e. The van der Waals surface area contributed by atoms with Crippen molar-refractivity contribution in [3.63, 3.8) is 0 Å². The highest BCUT2D eigenvalue weighted by Gasteiger charge is 2.16. The number of rotatable bonds is 5. The Kier molecular flexibility index (Phi) is 6.84. The summed E-state index contributed by atoms with van der Waals surface area (Å²) in [5.41, 5.74) is 11.0. The summed E-state index contributed by atoms with van der Waals surface area (Å²) in [4.78, 5) is 9.50. The van der Waals surface area contributed by atoms with Gasteiger partial charge in [-0.2, -0.15) is 0 Å². The molecule has 224 valence electrons. The van der Waals surface area contributed by atoms with E-state index >= 15 is 0 Å². The Hall–Kier alpha value is -6.38. The molecule has 0 aliphatic rings. The fourth-order valence-electron chi connectivity index (χ4n) is 7.14. The van der Waals surface area contributed by atoms with Gasteiger partial charge in [-0.3, -0.25) is 0 Å². The predicted octanol–water partition coefficient (Wildman–Crippen LogP) is 12.3. The van der Waals surface area contributed by atoms with Gasteiger partial charge in [0.1, 0.15) is 6.33 Å². The van der Waals surface area contributed by atoms with E-state index in [1.807, 2.05) is 6.07 Å². The zero-order chi connectivity index (χ0) is 31.9. The van der Waals surface area contributed by atoms with Crippen molar-refractivity contribution in [2.75, 3.05) is 0 Å². The van der Waals surface area contributed by atoms with Crippen LogP contribution in [0.2, 0.25) is 0 Å². The van der Waals surface area contributed by atoms with Crippen molar-refractivity contribution in [2.24, 2.45) is 0 Å². The lowest BCUT2D eigenvalue weighted by Gasteiger charge is -2.16. The molecule has 2 heteroatoms. The van der Waals surface area contributed by atoms with Gasteiger partial charge in [-0.25, -0.2) is 9.97 Å². The van der Waals surface area contributed by atoms with Crippen LogP contribution in [0.1, 0.15) is 0 Å². The van der Waals surface area contributed by atoms with E-state index in [1.165, 1.54) is 60.1 Å². The van der Waals surface area contributed by atoms with Crippen LogP contribution >= 0.6 is 0 Å². The maximum Gasteiger partial charge on any atom is 0.116 e. The summed E-state index contributed by atoms with van der Waals surface area (Å²) < 4.78 is 0. The van der Waals surface area contributed by atoms with E-state index in [0.29, 0.717) is 0 Å². The molecule has 1 aromatic heterocycles. The molecule has 48 heavy (non-hydrogen) atoms. The Balaban J connectivity index is 1.17. The van der Waals surface area contributed by atoms with Crippen molar-refractivity contribution in [1.82, 2.24) is 9.97 Å². The molecule has 0 aliphatic heterocycles. The molecule has 0 N–H and O–H groups in total. The van der Waals surface area contributed by atoms with Gasteiger partial charge in [0.05, 0.1) is 11.4 Å². The molecule has 9 aromatic rings. The monoisotopic (exact) mass is 610 g/mol. The third-order valence-corrected chi connectivity index (χ3v) is 9.41. The van der Waals surface area contributed by atoms with Crippen LogP contribution in [0.4, 0.5) is 0 Å². The summed E-state index contributed by atoms with van der Waals surface area (Å²) in [5, 5.41) is 7.67. The van der Waals surface area contributed by atoms with E-state index in [1.54, 1.807) is 6.33 Å². The molecular formula is C46H30N2. The summed E-state index contributed by atoms with van der Waals surface area (Å²) in [6.45, 7) is 0.